The van der Waals surface area contributed by atoms with Crippen LogP contribution in [0.25, 0.3) is 10.9 Å². The van der Waals surface area contributed by atoms with Crippen LogP contribution in [0, 0.1) is 0 Å². The van der Waals surface area contributed by atoms with E-state index >= 15 is 0 Å². The van der Waals surface area contributed by atoms with Crippen molar-refractivity contribution in [1.29, 1.82) is 0 Å². The molecule has 3 rings (SSSR count). The molecule has 0 radical (unpaired) electrons. The molecule has 1 aliphatic heterocycles. The summed E-state index contributed by atoms with van der Waals surface area (Å²) in [7, 11) is 2.13. The quantitative estimate of drug-likeness (QED) is 0.791. The molecular weight excluding hydrogens is 240 g/mol. The standard InChI is InChI=1S/C14H18N4O/c1-16-6-8-17(9-7-16)11-18-10-15-13-5-3-2-4-12(13)14(18)19/h2-5,10H,6-9,11H2,1H3. The molecule has 0 spiro atoms. The highest BCUT2D eigenvalue weighted by Crippen LogP contribution is 2.06. The highest BCUT2D eigenvalue weighted by molar-refractivity contribution is 5.76. The molecule has 1 aromatic carbocycles. The van der Waals surface area contributed by atoms with Gasteiger partial charge in [0.15, 0.2) is 0 Å². The topological polar surface area (TPSA) is 41.4 Å². The van der Waals surface area contributed by atoms with Gasteiger partial charge in [0.25, 0.3) is 5.56 Å². The SMILES string of the molecule is CN1CCN(Cn2cnc3ccccc3c2=O)CC1. The molecule has 1 aromatic heterocycles. The van der Waals surface area contributed by atoms with Gasteiger partial charge in [-0.2, -0.15) is 0 Å². The summed E-state index contributed by atoms with van der Waals surface area (Å²) in [6.45, 7) is 4.72. The lowest BCUT2D eigenvalue weighted by atomic mass is 10.2. The first-order chi connectivity index (χ1) is 9.24. The van der Waals surface area contributed by atoms with Gasteiger partial charge in [0, 0.05) is 26.2 Å². The zero-order valence-electron chi connectivity index (χ0n) is 11.1. The number of aromatic nitrogens is 2. The number of fused-ring (bicyclic) bond motifs is 1. The van der Waals surface area contributed by atoms with E-state index in [4.69, 9.17) is 0 Å². The summed E-state index contributed by atoms with van der Waals surface area (Å²) in [5.74, 6) is 0. The first-order valence-electron chi connectivity index (χ1n) is 6.59. The van der Waals surface area contributed by atoms with Crippen LogP contribution >= 0.6 is 0 Å². The largest absolute Gasteiger partial charge is 0.304 e. The average molecular weight is 258 g/mol. The smallest absolute Gasteiger partial charge is 0.262 e. The summed E-state index contributed by atoms with van der Waals surface area (Å²) in [4.78, 5) is 21.3. The minimum Gasteiger partial charge on any atom is -0.304 e. The number of likely N-dealkylation sites (N-methyl/N-ethyl adjacent to an activating group) is 1. The van der Waals surface area contributed by atoms with Crippen LogP contribution in [0.4, 0.5) is 0 Å². The maximum Gasteiger partial charge on any atom is 0.262 e. The minimum absolute atomic E-state index is 0.0459. The lowest BCUT2D eigenvalue weighted by molar-refractivity contribution is 0.123. The van der Waals surface area contributed by atoms with Crippen molar-refractivity contribution in [2.45, 2.75) is 6.67 Å². The van der Waals surface area contributed by atoms with Gasteiger partial charge in [-0.3, -0.25) is 14.3 Å². The second kappa shape index (κ2) is 5.11. The van der Waals surface area contributed by atoms with Gasteiger partial charge in [-0.15, -0.1) is 0 Å². The third kappa shape index (κ3) is 2.52. The van der Waals surface area contributed by atoms with Gasteiger partial charge in [-0.05, 0) is 19.2 Å². The van der Waals surface area contributed by atoms with Crippen LogP contribution < -0.4 is 5.56 Å². The first-order valence-corrected chi connectivity index (χ1v) is 6.59. The molecule has 2 aromatic rings. The summed E-state index contributed by atoms with van der Waals surface area (Å²) in [6, 6.07) is 7.49. The Morgan fingerprint density at radius 1 is 1.16 bits per heavy atom. The van der Waals surface area contributed by atoms with Crippen molar-refractivity contribution in [3.8, 4) is 0 Å². The van der Waals surface area contributed by atoms with Crippen LogP contribution in [-0.2, 0) is 6.67 Å². The predicted octanol–water partition coefficient (Wildman–Crippen LogP) is 0.601. The zero-order valence-corrected chi connectivity index (χ0v) is 11.1. The molecule has 0 bridgehead atoms. The van der Waals surface area contributed by atoms with E-state index in [-0.39, 0.29) is 5.56 Å². The molecule has 0 atom stereocenters. The molecule has 19 heavy (non-hydrogen) atoms. The monoisotopic (exact) mass is 258 g/mol. The molecule has 0 amide bonds. The van der Waals surface area contributed by atoms with Crippen LogP contribution in [0.3, 0.4) is 0 Å². The van der Waals surface area contributed by atoms with Crippen LogP contribution in [-0.4, -0.2) is 52.6 Å². The van der Waals surface area contributed by atoms with Crippen LogP contribution in [0.5, 0.6) is 0 Å². The summed E-state index contributed by atoms with van der Waals surface area (Å²) in [5.41, 5.74) is 0.812. The fraction of sp³-hybridized carbons (Fsp3) is 0.429. The fourth-order valence-corrected chi connectivity index (χ4v) is 2.41. The van der Waals surface area contributed by atoms with Crippen molar-refractivity contribution >= 4 is 10.9 Å². The summed E-state index contributed by atoms with van der Waals surface area (Å²) >= 11 is 0. The Morgan fingerprint density at radius 2 is 1.89 bits per heavy atom. The molecule has 1 aliphatic rings. The Hall–Kier alpha value is -1.72. The van der Waals surface area contributed by atoms with Gasteiger partial charge in [0.05, 0.1) is 23.9 Å². The summed E-state index contributed by atoms with van der Waals surface area (Å²) in [5, 5.41) is 0.694. The lowest BCUT2D eigenvalue weighted by Gasteiger charge is -2.32. The number of hydrogen-bond acceptors (Lipinski definition) is 4. The fourth-order valence-electron chi connectivity index (χ4n) is 2.41. The average Bonchev–Trinajstić information content (AvgIpc) is 2.45. The molecular formula is C14H18N4O. The molecule has 0 saturated carbocycles. The van der Waals surface area contributed by atoms with Gasteiger partial charge in [-0.25, -0.2) is 4.98 Å². The molecule has 0 N–H and O–H groups in total. The van der Waals surface area contributed by atoms with Gasteiger partial charge in [0.2, 0.25) is 0 Å². The summed E-state index contributed by atoms with van der Waals surface area (Å²) in [6.07, 6.45) is 1.66. The molecule has 2 heterocycles. The van der Waals surface area contributed by atoms with Crippen molar-refractivity contribution in [3.63, 3.8) is 0 Å². The molecule has 100 valence electrons. The Kier molecular flexibility index (Phi) is 3.31. The highest BCUT2D eigenvalue weighted by atomic mass is 16.1. The molecule has 5 heteroatoms. The minimum atomic E-state index is 0.0459. The number of rotatable bonds is 2. The Morgan fingerprint density at radius 3 is 2.68 bits per heavy atom. The molecule has 0 unspecified atom stereocenters. The Labute approximate surface area is 112 Å². The first kappa shape index (κ1) is 12.3. The number of para-hydroxylation sites is 1. The molecule has 1 fully saturated rings. The van der Waals surface area contributed by atoms with E-state index < -0.39 is 0 Å². The Bertz CT molecular complexity index is 629. The molecule has 0 aliphatic carbocycles. The number of hydrogen-bond donors (Lipinski definition) is 0. The van der Waals surface area contributed by atoms with Gasteiger partial charge < -0.3 is 4.90 Å². The van der Waals surface area contributed by atoms with E-state index in [0.717, 1.165) is 31.7 Å². The van der Waals surface area contributed by atoms with Gasteiger partial charge in [-0.1, -0.05) is 12.1 Å². The predicted molar refractivity (Wildman–Crippen MR) is 75.1 cm³/mol. The van der Waals surface area contributed by atoms with E-state index in [1.165, 1.54) is 0 Å². The molecule has 1 saturated heterocycles. The number of nitrogens with zero attached hydrogens (tertiary/aromatic N) is 4. The molecule has 5 nitrogen and oxygen atoms in total. The lowest BCUT2D eigenvalue weighted by Crippen LogP contribution is -2.46. The van der Waals surface area contributed by atoms with E-state index in [1.54, 1.807) is 10.9 Å². The third-order valence-corrected chi connectivity index (χ3v) is 3.68. The zero-order chi connectivity index (χ0) is 13.2. The van der Waals surface area contributed by atoms with E-state index in [9.17, 15) is 4.79 Å². The normalized spacial score (nSPS) is 17.9. The van der Waals surface area contributed by atoms with E-state index in [2.05, 4.69) is 21.8 Å². The van der Waals surface area contributed by atoms with Crippen molar-refractivity contribution in [2.24, 2.45) is 0 Å². The third-order valence-electron chi connectivity index (χ3n) is 3.68. The second-order valence-electron chi connectivity index (χ2n) is 5.10. The van der Waals surface area contributed by atoms with Gasteiger partial charge >= 0.3 is 0 Å². The Balaban J connectivity index is 1.85. The van der Waals surface area contributed by atoms with Gasteiger partial charge in [0.1, 0.15) is 0 Å². The number of benzene rings is 1. The van der Waals surface area contributed by atoms with Crippen molar-refractivity contribution in [3.05, 3.63) is 40.9 Å². The number of piperazine rings is 1. The maximum absolute atomic E-state index is 12.4. The van der Waals surface area contributed by atoms with Crippen molar-refractivity contribution in [2.75, 3.05) is 33.2 Å². The maximum atomic E-state index is 12.4. The van der Waals surface area contributed by atoms with Crippen molar-refractivity contribution < 1.29 is 0 Å². The van der Waals surface area contributed by atoms with Crippen molar-refractivity contribution in [1.82, 2.24) is 19.4 Å². The van der Waals surface area contributed by atoms with Crippen LogP contribution in [0.1, 0.15) is 0 Å². The van der Waals surface area contributed by atoms with Crippen LogP contribution in [0.15, 0.2) is 35.4 Å². The highest BCUT2D eigenvalue weighted by Gasteiger charge is 2.14. The summed E-state index contributed by atoms with van der Waals surface area (Å²) < 4.78 is 1.70. The second-order valence-corrected chi connectivity index (χ2v) is 5.10. The van der Waals surface area contributed by atoms with E-state index in [0.29, 0.717) is 12.1 Å². The van der Waals surface area contributed by atoms with E-state index in [1.807, 2.05) is 24.3 Å². The van der Waals surface area contributed by atoms with Crippen LogP contribution in [0.2, 0.25) is 0 Å².